The third-order valence-electron chi connectivity index (χ3n) is 3.54. The average molecular weight is 465 g/mol. The Balaban J connectivity index is 0. The Kier molecular flexibility index (Phi) is 18.8. The number of carboxylic acid groups (broad SMARTS) is 1. The van der Waals surface area contributed by atoms with Crippen LogP contribution in [0.15, 0.2) is 42.5 Å². The molecule has 8 nitrogen and oxygen atoms in total. The van der Waals surface area contributed by atoms with Crippen LogP contribution >= 0.6 is 0 Å². The number of aromatic hydroxyl groups is 2. The Morgan fingerprint density at radius 2 is 1.45 bits per heavy atom. The van der Waals surface area contributed by atoms with Crippen molar-refractivity contribution in [3.63, 3.8) is 0 Å². The molecule has 2 rings (SSSR count). The van der Waals surface area contributed by atoms with Gasteiger partial charge >= 0.3 is 5.97 Å². The number of likely N-dealkylation sites (N-methyl/N-ethyl adjacent to an activating group) is 1. The Hall–Kier alpha value is -3.26. The van der Waals surface area contributed by atoms with Gasteiger partial charge in [0.2, 0.25) is 5.91 Å². The highest BCUT2D eigenvalue weighted by molar-refractivity contribution is 5.88. The molecule has 186 valence electrons. The minimum Gasteiger partial charge on any atom is -0.504 e. The third-order valence-corrected chi connectivity index (χ3v) is 3.54. The molecule has 0 aromatic heterocycles. The summed E-state index contributed by atoms with van der Waals surface area (Å²) < 4.78 is 4.96. The maximum Gasteiger partial charge on any atom is 0.321 e. The predicted molar refractivity (Wildman–Crippen MR) is 133 cm³/mol. The van der Waals surface area contributed by atoms with Crippen LogP contribution in [0.4, 0.5) is 5.69 Å². The summed E-state index contributed by atoms with van der Waals surface area (Å²) in [6.45, 7) is 9.98. The molecule has 2 aromatic rings. The van der Waals surface area contributed by atoms with E-state index in [2.05, 4.69) is 38.3 Å². The molecule has 0 saturated carbocycles. The second kappa shape index (κ2) is 19.4. The van der Waals surface area contributed by atoms with E-state index in [-0.39, 0.29) is 23.8 Å². The van der Waals surface area contributed by atoms with Crippen molar-refractivity contribution < 1.29 is 29.6 Å². The summed E-state index contributed by atoms with van der Waals surface area (Å²) in [5, 5.41) is 32.4. The van der Waals surface area contributed by atoms with Crippen LogP contribution in [-0.4, -0.2) is 47.4 Å². The SMILES string of the molecule is CCC.CCC.CN[C@@H](Cc1ccc(O)c(O)c1)C(=O)O.COc1ccc(NC(C)=O)cc1. The zero-order chi connectivity index (χ0) is 25.8. The van der Waals surface area contributed by atoms with E-state index < -0.39 is 12.0 Å². The van der Waals surface area contributed by atoms with E-state index in [1.165, 1.54) is 31.9 Å². The largest absolute Gasteiger partial charge is 0.504 e. The maximum atomic E-state index is 10.7. The van der Waals surface area contributed by atoms with Crippen molar-refractivity contribution in [1.29, 1.82) is 0 Å². The van der Waals surface area contributed by atoms with E-state index in [4.69, 9.17) is 14.9 Å². The number of phenols is 2. The molecule has 0 heterocycles. The summed E-state index contributed by atoms with van der Waals surface area (Å²) in [4.78, 5) is 21.3. The number of rotatable bonds is 6. The number of aliphatic carboxylic acids is 1. The molecule has 0 unspecified atom stereocenters. The van der Waals surface area contributed by atoms with Gasteiger partial charge in [-0.15, -0.1) is 0 Å². The zero-order valence-electron chi connectivity index (χ0n) is 20.8. The first-order valence-electron chi connectivity index (χ1n) is 10.9. The van der Waals surface area contributed by atoms with E-state index in [1.54, 1.807) is 44.5 Å². The van der Waals surface area contributed by atoms with Crippen molar-refractivity contribution in [2.45, 2.75) is 59.9 Å². The van der Waals surface area contributed by atoms with Gasteiger partial charge in [-0.2, -0.15) is 0 Å². The van der Waals surface area contributed by atoms with E-state index in [1.807, 2.05) is 0 Å². The van der Waals surface area contributed by atoms with Crippen LogP contribution in [0.5, 0.6) is 17.2 Å². The topological polar surface area (TPSA) is 128 Å². The van der Waals surface area contributed by atoms with Gasteiger partial charge in [-0.1, -0.05) is 46.6 Å². The summed E-state index contributed by atoms with van der Waals surface area (Å²) in [5.74, 6) is -0.697. The van der Waals surface area contributed by atoms with E-state index in [9.17, 15) is 14.7 Å². The van der Waals surface area contributed by atoms with Crippen LogP contribution in [0.1, 0.15) is 53.0 Å². The van der Waals surface area contributed by atoms with Gasteiger partial charge in [0, 0.05) is 12.6 Å². The maximum absolute atomic E-state index is 10.7. The van der Waals surface area contributed by atoms with Crippen LogP contribution in [-0.2, 0) is 16.0 Å². The lowest BCUT2D eigenvalue weighted by atomic mass is 10.1. The lowest BCUT2D eigenvalue weighted by Gasteiger charge is -2.11. The summed E-state index contributed by atoms with van der Waals surface area (Å²) in [5.41, 5.74) is 1.43. The number of anilines is 1. The molecular weight excluding hydrogens is 424 g/mol. The molecule has 1 amide bonds. The smallest absolute Gasteiger partial charge is 0.321 e. The number of carbonyl (C=O) groups excluding carboxylic acids is 1. The van der Waals surface area contributed by atoms with Crippen molar-refractivity contribution in [2.24, 2.45) is 0 Å². The number of carbonyl (C=O) groups is 2. The number of nitrogens with one attached hydrogen (secondary N) is 2. The summed E-state index contributed by atoms with van der Waals surface area (Å²) in [6, 6.07) is 10.7. The number of hydrogen-bond donors (Lipinski definition) is 5. The molecule has 5 N–H and O–H groups in total. The molecule has 0 aliphatic carbocycles. The Labute approximate surface area is 197 Å². The average Bonchev–Trinajstić information content (AvgIpc) is 2.76. The number of ether oxygens (including phenoxy) is 1. The molecule has 2 aromatic carbocycles. The van der Waals surface area contributed by atoms with E-state index in [0.29, 0.717) is 5.56 Å². The van der Waals surface area contributed by atoms with Gasteiger partial charge in [0.05, 0.1) is 7.11 Å². The summed E-state index contributed by atoms with van der Waals surface area (Å²) in [6.07, 6.45) is 2.75. The summed E-state index contributed by atoms with van der Waals surface area (Å²) in [7, 11) is 3.16. The molecule has 33 heavy (non-hydrogen) atoms. The Morgan fingerprint density at radius 1 is 0.939 bits per heavy atom. The molecule has 0 saturated heterocycles. The van der Waals surface area contributed by atoms with Gasteiger partial charge in [-0.25, -0.2) is 0 Å². The van der Waals surface area contributed by atoms with Crippen LogP contribution in [0.3, 0.4) is 0 Å². The van der Waals surface area contributed by atoms with Gasteiger partial charge in [0.1, 0.15) is 11.8 Å². The standard InChI is InChI=1S/C10H13NO4.C9H11NO2.2C3H8/c1-11-7(10(14)15)4-6-2-3-8(12)9(13)5-6;1-7(11)10-8-3-5-9(12-2)6-4-8;2*1-3-2/h2-3,5,7,11-13H,4H2,1H3,(H,14,15);3-6H,1-2H3,(H,10,11);2*3H2,1-2H3/t7-;;;/m0.../s1. The fourth-order valence-corrected chi connectivity index (χ4v) is 2.12. The molecule has 0 radical (unpaired) electrons. The van der Waals surface area contributed by atoms with Crippen molar-refractivity contribution in [3.05, 3.63) is 48.0 Å². The predicted octanol–water partition coefficient (Wildman–Crippen LogP) is 4.80. The molecule has 0 spiro atoms. The van der Waals surface area contributed by atoms with Crippen molar-refractivity contribution in [1.82, 2.24) is 5.32 Å². The quantitative estimate of drug-likeness (QED) is 0.389. The number of hydrogen-bond acceptors (Lipinski definition) is 6. The lowest BCUT2D eigenvalue weighted by Crippen LogP contribution is -2.35. The van der Waals surface area contributed by atoms with E-state index in [0.717, 1.165) is 11.4 Å². The first kappa shape index (κ1) is 31.9. The molecule has 1 atom stereocenters. The van der Waals surface area contributed by atoms with Crippen LogP contribution < -0.4 is 15.4 Å². The number of amides is 1. The Bertz CT molecular complexity index is 792. The highest BCUT2D eigenvalue weighted by atomic mass is 16.5. The molecule has 0 aliphatic heterocycles. The van der Waals surface area contributed by atoms with E-state index >= 15 is 0 Å². The second-order valence-corrected chi connectivity index (χ2v) is 7.03. The van der Waals surface area contributed by atoms with Gasteiger partial charge < -0.3 is 30.7 Å². The highest BCUT2D eigenvalue weighted by Crippen LogP contribution is 2.25. The zero-order valence-corrected chi connectivity index (χ0v) is 20.8. The van der Waals surface area contributed by atoms with Crippen LogP contribution in [0.25, 0.3) is 0 Å². The number of benzene rings is 2. The molecule has 0 bridgehead atoms. The number of methoxy groups -OCH3 is 1. The first-order chi connectivity index (χ1) is 15.6. The van der Waals surface area contributed by atoms with Crippen molar-refractivity contribution in [3.8, 4) is 17.2 Å². The fourth-order valence-electron chi connectivity index (χ4n) is 2.12. The minimum atomic E-state index is -0.954. The third kappa shape index (κ3) is 16.1. The Morgan fingerprint density at radius 3 is 1.82 bits per heavy atom. The van der Waals surface area contributed by atoms with Crippen LogP contribution in [0.2, 0.25) is 0 Å². The highest BCUT2D eigenvalue weighted by Gasteiger charge is 2.15. The first-order valence-corrected chi connectivity index (χ1v) is 10.9. The van der Waals surface area contributed by atoms with Crippen LogP contribution in [0, 0.1) is 0 Å². The number of phenolic OH excluding ortho intramolecular Hbond substituents is 2. The molecule has 0 aliphatic rings. The van der Waals surface area contributed by atoms with Gasteiger partial charge in [-0.05, 0) is 55.4 Å². The monoisotopic (exact) mass is 464 g/mol. The molecule has 0 fully saturated rings. The summed E-state index contributed by atoms with van der Waals surface area (Å²) >= 11 is 0. The molecule has 8 heteroatoms. The minimum absolute atomic E-state index is 0.0693. The van der Waals surface area contributed by atoms with Gasteiger partial charge in [0.15, 0.2) is 11.5 Å². The van der Waals surface area contributed by atoms with Crippen molar-refractivity contribution >= 4 is 17.6 Å². The lowest BCUT2D eigenvalue weighted by molar-refractivity contribution is -0.139. The van der Waals surface area contributed by atoms with Gasteiger partial charge in [0.25, 0.3) is 0 Å². The fraction of sp³-hybridized carbons (Fsp3) is 0.440. The normalized spacial score (nSPS) is 10.0. The second-order valence-electron chi connectivity index (χ2n) is 7.03. The molecular formula is C25H40N2O6. The van der Waals surface area contributed by atoms with Crippen molar-refractivity contribution in [2.75, 3.05) is 19.5 Å². The van der Waals surface area contributed by atoms with Gasteiger partial charge in [-0.3, -0.25) is 9.59 Å². The number of carboxylic acids is 1.